The highest BCUT2D eigenvalue weighted by Crippen LogP contribution is 2.02. The molecule has 0 heteroatoms. The summed E-state index contributed by atoms with van der Waals surface area (Å²) in [4.78, 5) is 0. The first-order valence-corrected chi connectivity index (χ1v) is 3.11. The maximum Gasteiger partial charge on any atom is -0.00931 e. The molecule has 0 bridgehead atoms. The SMILES string of the molecule is [CH2]C[CH]c1ccccc1. The molecule has 0 heterocycles. The van der Waals surface area contributed by atoms with Crippen molar-refractivity contribution in [2.45, 2.75) is 6.42 Å². The topological polar surface area (TPSA) is 0 Å². The van der Waals surface area contributed by atoms with Crippen LogP contribution in [0.15, 0.2) is 30.3 Å². The van der Waals surface area contributed by atoms with Crippen LogP contribution >= 0.6 is 0 Å². The van der Waals surface area contributed by atoms with E-state index < -0.39 is 0 Å². The molecule has 0 spiro atoms. The summed E-state index contributed by atoms with van der Waals surface area (Å²) in [6, 6.07) is 10.2. The zero-order chi connectivity index (χ0) is 6.53. The summed E-state index contributed by atoms with van der Waals surface area (Å²) in [6.07, 6.45) is 2.96. The molecule has 0 saturated carbocycles. The van der Waals surface area contributed by atoms with Gasteiger partial charge in [0.2, 0.25) is 0 Å². The zero-order valence-electron chi connectivity index (χ0n) is 5.38. The lowest BCUT2D eigenvalue weighted by molar-refractivity contribution is 1.24. The van der Waals surface area contributed by atoms with Crippen molar-refractivity contribution in [3.63, 3.8) is 0 Å². The smallest absolute Gasteiger partial charge is 0.00931 e. The molecule has 1 aromatic carbocycles. The monoisotopic (exact) mass is 118 g/mol. The Bertz CT molecular complexity index is 153. The minimum absolute atomic E-state index is 0.865. The van der Waals surface area contributed by atoms with Gasteiger partial charge in [0.25, 0.3) is 0 Å². The normalized spacial score (nSPS) is 9.44. The maximum atomic E-state index is 3.73. The lowest BCUT2D eigenvalue weighted by Crippen LogP contribution is -1.75. The predicted molar refractivity (Wildman–Crippen MR) is 39.8 cm³/mol. The molecular formula is C9H10. The molecule has 0 fully saturated rings. The van der Waals surface area contributed by atoms with Gasteiger partial charge >= 0.3 is 0 Å². The van der Waals surface area contributed by atoms with E-state index in [9.17, 15) is 0 Å². The quantitative estimate of drug-likeness (QED) is 0.559. The Morgan fingerprint density at radius 1 is 1.22 bits per heavy atom. The zero-order valence-corrected chi connectivity index (χ0v) is 5.38. The Labute approximate surface area is 56.5 Å². The van der Waals surface area contributed by atoms with Crippen molar-refractivity contribution in [2.75, 3.05) is 0 Å². The number of benzene rings is 1. The minimum atomic E-state index is 0.865. The van der Waals surface area contributed by atoms with Gasteiger partial charge in [-0.15, -0.1) is 0 Å². The van der Waals surface area contributed by atoms with E-state index in [0.29, 0.717) is 0 Å². The van der Waals surface area contributed by atoms with Gasteiger partial charge in [0.1, 0.15) is 0 Å². The van der Waals surface area contributed by atoms with E-state index in [1.165, 1.54) is 5.56 Å². The summed E-state index contributed by atoms with van der Waals surface area (Å²) >= 11 is 0. The van der Waals surface area contributed by atoms with Crippen molar-refractivity contribution in [2.24, 2.45) is 0 Å². The van der Waals surface area contributed by atoms with Crippen LogP contribution in [0.5, 0.6) is 0 Å². The van der Waals surface area contributed by atoms with Gasteiger partial charge in [-0.1, -0.05) is 37.3 Å². The highest BCUT2D eigenvalue weighted by molar-refractivity contribution is 5.22. The second-order valence-electron chi connectivity index (χ2n) is 1.90. The minimum Gasteiger partial charge on any atom is -0.0622 e. The molecular weight excluding hydrogens is 108 g/mol. The molecule has 46 valence electrons. The highest BCUT2D eigenvalue weighted by Gasteiger charge is 1.85. The van der Waals surface area contributed by atoms with E-state index in [1.807, 2.05) is 18.2 Å². The third-order valence-corrected chi connectivity index (χ3v) is 1.18. The van der Waals surface area contributed by atoms with Crippen LogP contribution in [0.1, 0.15) is 12.0 Å². The van der Waals surface area contributed by atoms with Gasteiger partial charge < -0.3 is 0 Å². The van der Waals surface area contributed by atoms with Crippen LogP contribution in [-0.2, 0) is 0 Å². The van der Waals surface area contributed by atoms with Crippen molar-refractivity contribution >= 4 is 0 Å². The van der Waals surface area contributed by atoms with Crippen LogP contribution in [0.2, 0.25) is 0 Å². The Kier molecular flexibility index (Phi) is 2.32. The Balaban J connectivity index is 2.61. The average molecular weight is 118 g/mol. The molecule has 1 rings (SSSR count). The van der Waals surface area contributed by atoms with E-state index in [-0.39, 0.29) is 0 Å². The molecule has 9 heavy (non-hydrogen) atoms. The fraction of sp³-hybridized carbons (Fsp3) is 0.111. The van der Waals surface area contributed by atoms with Crippen LogP contribution in [0.4, 0.5) is 0 Å². The van der Waals surface area contributed by atoms with E-state index >= 15 is 0 Å². The van der Waals surface area contributed by atoms with Gasteiger partial charge in [-0.3, -0.25) is 0 Å². The van der Waals surface area contributed by atoms with Crippen LogP contribution in [0.25, 0.3) is 0 Å². The molecule has 0 nitrogen and oxygen atoms in total. The third kappa shape index (κ3) is 1.88. The standard InChI is InChI=1S/C9H10/c1-2-6-9-7-4-3-5-8-9/h3-8H,1-2H2. The first kappa shape index (κ1) is 6.34. The molecule has 0 amide bonds. The molecule has 0 N–H and O–H groups in total. The lowest BCUT2D eigenvalue weighted by Gasteiger charge is -1.93. The van der Waals surface area contributed by atoms with Gasteiger partial charge in [-0.05, 0) is 18.4 Å². The first-order valence-electron chi connectivity index (χ1n) is 3.11. The van der Waals surface area contributed by atoms with Crippen molar-refractivity contribution in [1.29, 1.82) is 0 Å². The van der Waals surface area contributed by atoms with Crippen LogP contribution in [0.3, 0.4) is 0 Å². The number of hydrogen-bond donors (Lipinski definition) is 0. The summed E-state index contributed by atoms with van der Waals surface area (Å²) in [5, 5.41) is 0. The second-order valence-corrected chi connectivity index (χ2v) is 1.90. The molecule has 0 aliphatic rings. The fourth-order valence-corrected chi connectivity index (χ4v) is 0.756. The van der Waals surface area contributed by atoms with Crippen LogP contribution in [-0.4, -0.2) is 0 Å². The largest absolute Gasteiger partial charge is 0.0622 e. The fourth-order valence-electron chi connectivity index (χ4n) is 0.756. The Hall–Kier alpha value is -0.780. The summed E-state index contributed by atoms with van der Waals surface area (Å²) in [7, 11) is 0. The van der Waals surface area contributed by atoms with Crippen molar-refractivity contribution in [3.8, 4) is 0 Å². The van der Waals surface area contributed by atoms with E-state index in [4.69, 9.17) is 0 Å². The van der Waals surface area contributed by atoms with Crippen molar-refractivity contribution in [1.82, 2.24) is 0 Å². The number of rotatable bonds is 2. The summed E-state index contributed by atoms with van der Waals surface area (Å²) < 4.78 is 0. The number of hydrogen-bond acceptors (Lipinski definition) is 0. The first-order chi connectivity index (χ1) is 4.43. The second kappa shape index (κ2) is 3.29. The highest BCUT2D eigenvalue weighted by atomic mass is 13.9. The van der Waals surface area contributed by atoms with Crippen LogP contribution in [0, 0.1) is 13.3 Å². The Morgan fingerprint density at radius 3 is 2.44 bits per heavy atom. The van der Waals surface area contributed by atoms with Gasteiger partial charge in [0.15, 0.2) is 0 Å². The molecule has 0 atom stereocenters. The summed E-state index contributed by atoms with van der Waals surface area (Å²) in [6.45, 7) is 3.73. The maximum absolute atomic E-state index is 3.73. The third-order valence-electron chi connectivity index (χ3n) is 1.18. The van der Waals surface area contributed by atoms with E-state index in [0.717, 1.165) is 6.42 Å². The van der Waals surface area contributed by atoms with Gasteiger partial charge in [-0.25, -0.2) is 0 Å². The molecule has 1 aromatic rings. The predicted octanol–water partition coefficient (Wildman–Crippen LogP) is 2.46. The van der Waals surface area contributed by atoms with Crippen LogP contribution < -0.4 is 0 Å². The molecule has 0 aliphatic heterocycles. The van der Waals surface area contributed by atoms with Gasteiger partial charge in [-0.2, -0.15) is 0 Å². The van der Waals surface area contributed by atoms with E-state index in [1.54, 1.807) is 0 Å². The van der Waals surface area contributed by atoms with E-state index in [2.05, 4.69) is 25.5 Å². The molecule has 2 radical (unpaired) electrons. The van der Waals surface area contributed by atoms with Crippen molar-refractivity contribution in [3.05, 3.63) is 49.2 Å². The average Bonchev–Trinajstić information content (AvgIpc) is 1.91. The summed E-state index contributed by atoms with van der Waals surface area (Å²) in [5.41, 5.74) is 1.26. The molecule has 0 aromatic heterocycles. The molecule has 0 saturated heterocycles. The van der Waals surface area contributed by atoms with Gasteiger partial charge in [0, 0.05) is 0 Å². The summed E-state index contributed by atoms with van der Waals surface area (Å²) in [5.74, 6) is 0. The van der Waals surface area contributed by atoms with Crippen molar-refractivity contribution < 1.29 is 0 Å². The molecule has 0 unspecified atom stereocenters. The Morgan fingerprint density at radius 2 is 1.89 bits per heavy atom. The lowest BCUT2D eigenvalue weighted by atomic mass is 10.1. The molecule has 0 aliphatic carbocycles. The van der Waals surface area contributed by atoms with Gasteiger partial charge in [0.05, 0.1) is 0 Å².